The topological polar surface area (TPSA) is 104 Å². The third-order valence-electron chi connectivity index (χ3n) is 9.19. The number of carbonyl (C=O) groups is 2. The molecule has 3 aliphatic heterocycles. The van der Waals surface area contributed by atoms with E-state index < -0.39 is 18.2 Å². The van der Waals surface area contributed by atoms with Crippen molar-refractivity contribution < 1.29 is 33.3 Å². The number of methoxy groups -OCH3 is 2. The summed E-state index contributed by atoms with van der Waals surface area (Å²) >= 11 is 19.4. The van der Waals surface area contributed by atoms with Gasteiger partial charge in [-0.15, -0.1) is 0 Å². The first kappa shape index (κ1) is 35.6. The van der Waals surface area contributed by atoms with Gasteiger partial charge < -0.3 is 24.2 Å². The lowest BCUT2D eigenvalue weighted by atomic mass is 9.86. The molecule has 50 heavy (non-hydrogen) atoms. The SMILES string of the molecule is COc1ccc([C@H](Cc2c(Cl)c[n+]([O-])cc2Cl)OC(=O)c2cccc(CN(C(=O)O[C@H]3CN4CCC3CC4)c3ccccc3Cl)c2)cc1OC. The number of aromatic nitrogens is 1. The number of hydrogen-bond acceptors (Lipinski definition) is 8. The predicted molar refractivity (Wildman–Crippen MR) is 190 cm³/mol. The van der Waals surface area contributed by atoms with E-state index in [9.17, 15) is 14.8 Å². The van der Waals surface area contributed by atoms with Gasteiger partial charge in [0.25, 0.3) is 0 Å². The molecule has 13 heteroatoms. The summed E-state index contributed by atoms with van der Waals surface area (Å²) < 4.78 is 23.6. The van der Waals surface area contributed by atoms with Gasteiger partial charge in [0, 0.05) is 18.5 Å². The molecule has 1 amide bonds. The number of nitrogens with zero attached hydrogens (tertiary/aromatic N) is 3. The molecule has 0 N–H and O–H groups in total. The second-order valence-corrected chi connectivity index (χ2v) is 13.5. The Morgan fingerprint density at radius 1 is 0.920 bits per heavy atom. The molecule has 0 saturated carbocycles. The highest BCUT2D eigenvalue weighted by atomic mass is 35.5. The predicted octanol–water partition coefficient (Wildman–Crippen LogP) is 7.68. The third kappa shape index (κ3) is 8.05. The van der Waals surface area contributed by atoms with Gasteiger partial charge in [0.1, 0.15) is 22.3 Å². The zero-order valence-corrected chi connectivity index (χ0v) is 29.8. The molecule has 0 spiro atoms. The standard InChI is InChI=1S/C37H36Cl3N3O7/c1-47-32-11-10-25(17-34(32)48-2)33(18-27-29(39)20-42(46)21-30(27)40)49-36(44)26-7-5-6-23(16-26)19-43(31-9-4-3-8-28(31)38)37(45)50-35-22-41-14-12-24(35)13-15-41/h3-11,16-17,20-21,24,33,35H,12-15,18-19,22H2,1-2H3/t33-,35-/m0/s1. The van der Waals surface area contributed by atoms with Crippen LogP contribution in [0.5, 0.6) is 11.5 Å². The Morgan fingerprint density at radius 3 is 2.30 bits per heavy atom. The number of carbonyl (C=O) groups excluding carboxylic acids is 2. The number of hydrogen-bond donors (Lipinski definition) is 0. The molecule has 4 heterocycles. The molecular weight excluding hydrogens is 705 g/mol. The van der Waals surface area contributed by atoms with Gasteiger partial charge in [-0.3, -0.25) is 9.80 Å². The Hall–Kier alpha value is -4.22. The van der Waals surface area contributed by atoms with Crippen LogP contribution in [0.25, 0.3) is 0 Å². The Bertz CT molecular complexity index is 1840. The van der Waals surface area contributed by atoms with Crippen LogP contribution in [0.4, 0.5) is 10.5 Å². The van der Waals surface area contributed by atoms with Gasteiger partial charge >= 0.3 is 12.1 Å². The van der Waals surface area contributed by atoms with Crippen molar-refractivity contribution in [1.29, 1.82) is 0 Å². The fourth-order valence-corrected chi connectivity index (χ4v) is 7.36. The number of para-hydroxylation sites is 1. The minimum absolute atomic E-state index is 0.0606. The summed E-state index contributed by atoms with van der Waals surface area (Å²) in [5.41, 5.74) is 2.41. The summed E-state index contributed by atoms with van der Waals surface area (Å²) in [5, 5.41) is 12.6. The number of halogens is 3. The Balaban J connectivity index is 1.26. The molecule has 0 aliphatic carbocycles. The molecule has 262 valence electrons. The van der Waals surface area contributed by atoms with Crippen LogP contribution in [0.1, 0.15) is 46.0 Å². The van der Waals surface area contributed by atoms with Gasteiger partial charge in [0.2, 0.25) is 0 Å². The van der Waals surface area contributed by atoms with Crippen LogP contribution in [0, 0.1) is 11.1 Å². The number of amides is 1. The fraction of sp³-hybridized carbons (Fsp3) is 0.324. The van der Waals surface area contributed by atoms with E-state index in [1.807, 2.05) is 6.07 Å². The van der Waals surface area contributed by atoms with Gasteiger partial charge in [-0.05, 0) is 79.4 Å². The van der Waals surface area contributed by atoms with Crippen LogP contribution in [-0.2, 0) is 22.4 Å². The second kappa shape index (κ2) is 15.8. The molecular formula is C37H36Cl3N3O7. The van der Waals surface area contributed by atoms with Crippen molar-refractivity contribution in [2.24, 2.45) is 5.92 Å². The van der Waals surface area contributed by atoms with E-state index in [-0.39, 0.29) is 34.7 Å². The number of benzene rings is 3. The van der Waals surface area contributed by atoms with Crippen molar-refractivity contribution in [3.63, 3.8) is 0 Å². The van der Waals surface area contributed by atoms with Crippen LogP contribution in [0.15, 0.2) is 79.1 Å². The highest BCUT2D eigenvalue weighted by Crippen LogP contribution is 2.36. The number of fused-ring (bicyclic) bond motifs is 3. The second-order valence-electron chi connectivity index (χ2n) is 12.3. The monoisotopic (exact) mass is 739 g/mol. The van der Waals surface area contributed by atoms with Gasteiger partial charge in [-0.25, -0.2) is 9.59 Å². The average Bonchev–Trinajstić information content (AvgIpc) is 3.12. The first-order valence-corrected chi connectivity index (χ1v) is 17.3. The molecule has 3 aromatic carbocycles. The Kier molecular flexibility index (Phi) is 11.2. The largest absolute Gasteiger partial charge is 0.619 e. The number of anilines is 1. The Labute approximate surface area is 305 Å². The maximum absolute atomic E-state index is 13.8. The zero-order valence-electron chi connectivity index (χ0n) is 27.5. The van der Waals surface area contributed by atoms with E-state index in [2.05, 4.69) is 4.90 Å². The maximum Gasteiger partial charge on any atom is 0.414 e. The quantitative estimate of drug-likeness (QED) is 0.0877. The summed E-state index contributed by atoms with van der Waals surface area (Å²) in [6.45, 7) is 2.85. The lowest BCUT2D eigenvalue weighted by Gasteiger charge is -2.44. The first-order valence-electron chi connectivity index (χ1n) is 16.2. The first-order chi connectivity index (χ1) is 24.1. The number of esters is 1. The molecule has 3 fully saturated rings. The highest BCUT2D eigenvalue weighted by Gasteiger charge is 2.37. The van der Waals surface area contributed by atoms with Crippen molar-refractivity contribution in [3.05, 3.63) is 122 Å². The van der Waals surface area contributed by atoms with Gasteiger partial charge in [-0.2, -0.15) is 4.73 Å². The van der Waals surface area contributed by atoms with Crippen LogP contribution in [0.3, 0.4) is 0 Å². The van der Waals surface area contributed by atoms with E-state index in [4.69, 9.17) is 53.8 Å². The molecule has 1 aromatic heterocycles. The number of piperidine rings is 3. The molecule has 3 saturated heterocycles. The molecule has 4 aromatic rings. The maximum atomic E-state index is 13.8. The highest BCUT2D eigenvalue weighted by molar-refractivity contribution is 6.35. The third-order valence-corrected chi connectivity index (χ3v) is 10.2. The van der Waals surface area contributed by atoms with Crippen molar-refractivity contribution in [1.82, 2.24) is 4.90 Å². The average molecular weight is 741 g/mol. The van der Waals surface area contributed by atoms with Gasteiger partial charge in [0.05, 0.1) is 37.0 Å². The van der Waals surface area contributed by atoms with E-state index in [1.54, 1.807) is 60.7 Å². The number of pyridine rings is 1. The lowest BCUT2D eigenvalue weighted by Crippen LogP contribution is -2.53. The summed E-state index contributed by atoms with van der Waals surface area (Å²) in [7, 11) is 3.03. The number of rotatable bonds is 11. The van der Waals surface area contributed by atoms with Crippen LogP contribution in [0.2, 0.25) is 15.1 Å². The summed E-state index contributed by atoms with van der Waals surface area (Å²) in [6.07, 6.45) is 2.84. The van der Waals surface area contributed by atoms with Crippen molar-refractivity contribution in [2.75, 3.05) is 38.8 Å². The zero-order chi connectivity index (χ0) is 35.4. The van der Waals surface area contributed by atoms with E-state index in [0.717, 1.165) is 25.9 Å². The van der Waals surface area contributed by atoms with E-state index in [0.29, 0.717) is 56.1 Å². The summed E-state index contributed by atoms with van der Waals surface area (Å²) in [6, 6.07) is 19.1. The molecule has 0 radical (unpaired) electrons. The van der Waals surface area contributed by atoms with Crippen LogP contribution < -0.4 is 19.1 Å². The molecule has 10 nitrogen and oxygen atoms in total. The number of ether oxygens (including phenoxy) is 4. The minimum atomic E-state index is -0.889. The molecule has 2 bridgehead atoms. The molecule has 2 atom stereocenters. The van der Waals surface area contributed by atoms with Gasteiger partial charge in [-0.1, -0.05) is 65.1 Å². The molecule has 0 unspecified atom stereocenters. The lowest BCUT2D eigenvalue weighted by molar-refractivity contribution is -0.605. The fourth-order valence-electron chi connectivity index (χ4n) is 6.52. The van der Waals surface area contributed by atoms with Crippen molar-refractivity contribution >= 4 is 52.6 Å². The summed E-state index contributed by atoms with van der Waals surface area (Å²) in [4.78, 5) is 31.4. The van der Waals surface area contributed by atoms with Crippen LogP contribution in [-0.4, -0.2) is 56.9 Å². The molecule has 3 aliphatic rings. The smallest absolute Gasteiger partial charge is 0.414 e. The van der Waals surface area contributed by atoms with Crippen LogP contribution >= 0.6 is 34.8 Å². The molecule has 7 rings (SSSR count). The Morgan fingerprint density at radius 2 is 1.64 bits per heavy atom. The van der Waals surface area contributed by atoms with E-state index >= 15 is 0 Å². The van der Waals surface area contributed by atoms with Gasteiger partial charge in [0.15, 0.2) is 23.9 Å². The minimum Gasteiger partial charge on any atom is -0.619 e. The van der Waals surface area contributed by atoms with Crippen molar-refractivity contribution in [3.8, 4) is 11.5 Å². The van der Waals surface area contributed by atoms with Crippen molar-refractivity contribution in [2.45, 2.75) is 38.0 Å². The summed E-state index contributed by atoms with van der Waals surface area (Å²) in [5.74, 6) is 0.621. The van der Waals surface area contributed by atoms with E-state index in [1.165, 1.54) is 31.5 Å². The normalized spacial score (nSPS) is 18.6.